The third kappa shape index (κ3) is 2.93. The van der Waals surface area contributed by atoms with Crippen LogP contribution in [0.4, 0.5) is 11.4 Å². The van der Waals surface area contributed by atoms with E-state index in [0.717, 1.165) is 12.1 Å². The van der Waals surface area contributed by atoms with Gasteiger partial charge in [-0.3, -0.25) is 10.1 Å². The highest BCUT2D eigenvalue weighted by atomic mass is 32.2. The Morgan fingerprint density at radius 1 is 1.23 bits per heavy atom. The van der Waals surface area contributed by atoms with Crippen LogP contribution in [-0.4, -0.2) is 29.2 Å². The zero-order valence-corrected chi connectivity index (χ0v) is 14.5. The van der Waals surface area contributed by atoms with Gasteiger partial charge in [-0.25, -0.2) is 13.4 Å². The molecule has 3 rings (SSSR count). The number of nitrogens with two attached hydrogens (primary N) is 1. The summed E-state index contributed by atoms with van der Waals surface area (Å²) >= 11 is 0. The van der Waals surface area contributed by atoms with Gasteiger partial charge >= 0.3 is 0 Å². The number of anilines is 1. The Bertz CT molecular complexity index is 1140. The van der Waals surface area contributed by atoms with Crippen LogP contribution in [0.3, 0.4) is 0 Å². The summed E-state index contributed by atoms with van der Waals surface area (Å²) in [4.78, 5) is 14.5. The van der Waals surface area contributed by atoms with Crippen molar-refractivity contribution < 1.29 is 18.4 Å². The number of phenolic OH excluding ortho intramolecular Hbond substituents is 1. The van der Waals surface area contributed by atoms with Crippen molar-refractivity contribution in [1.29, 1.82) is 0 Å². The van der Waals surface area contributed by atoms with Crippen LogP contribution < -0.4 is 5.73 Å². The van der Waals surface area contributed by atoms with Crippen molar-refractivity contribution in [3.63, 3.8) is 0 Å². The summed E-state index contributed by atoms with van der Waals surface area (Å²) in [5.74, 6) is -0.322. The van der Waals surface area contributed by atoms with Gasteiger partial charge in [0.05, 0.1) is 16.4 Å². The highest BCUT2D eigenvalue weighted by Crippen LogP contribution is 2.36. The van der Waals surface area contributed by atoms with Crippen molar-refractivity contribution in [3.8, 4) is 17.0 Å². The van der Waals surface area contributed by atoms with Crippen molar-refractivity contribution in [3.05, 3.63) is 52.6 Å². The molecule has 0 spiro atoms. The van der Waals surface area contributed by atoms with Gasteiger partial charge in [-0.2, -0.15) is 0 Å². The molecule has 0 fully saturated rings. The standard InChI is InChI=1S/C17H15N3O5S/c1-2-26(24,25)16-9-12(18)11(8-14(16)20(22)23)13-7-6-10-4-3-5-15(21)17(10)19-13/h3-9,21H,2,18H2,1H3. The van der Waals surface area contributed by atoms with Gasteiger partial charge in [0.15, 0.2) is 9.84 Å². The summed E-state index contributed by atoms with van der Waals surface area (Å²) in [6.07, 6.45) is 0. The van der Waals surface area contributed by atoms with E-state index in [4.69, 9.17) is 5.73 Å². The number of nitro benzene ring substituents is 1. The number of nitrogens with zero attached hydrogens (tertiary/aromatic N) is 2. The Morgan fingerprint density at radius 2 is 1.96 bits per heavy atom. The minimum Gasteiger partial charge on any atom is -0.506 e. The van der Waals surface area contributed by atoms with E-state index in [1.807, 2.05) is 0 Å². The fraction of sp³-hybridized carbons (Fsp3) is 0.118. The van der Waals surface area contributed by atoms with Crippen LogP contribution in [0.15, 0.2) is 47.4 Å². The second-order valence-corrected chi connectivity index (χ2v) is 7.86. The lowest BCUT2D eigenvalue weighted by atomic mass is 10.1. The largest absolute Gasteiger partial charge is 0.506 e. The van der Waals surface area contributed by atoms with Crippen LogP contribution >= 0.6 is 0 Å². The Morgan fingerprint density at radius 3 is 2.62 bits per heavy atom. The van der Waals surface area contributed by atoms with Gasteiger partial charge < -0.3 is 10.8 Å². The zero-order chi connectivity index (χ0) is 19.1. The summed E-state index contributed by atoms with van der Waals surface area (Å²) < 4.78 is 24.3. The second-order valence-electron chi connectivity index (χ2n) is 5.61. The highest BCUT2D eigenvalue weighted by Gasteiger charge is 2.27. The first-order valence-corrected chi connectivity index (χ1v) is 9.29. The summed E-state index contributed by atoms with van der Waals surface area (Å²) in [5, 5.41) is 22.0. The number of hydrogen-bond acceptors (Lipinski definition) is 7. The predicted octanol–water partition coefficient (Wildman–Crippen LogP) is 2.89. The van der Waals surface area contributed by atoms with Crippen LogP contribution in [0.25, 0.3) is 22.2 Å². The Labute approximate surface area is 149 Å². The van der Waals surface area contributed by atoms with Gasteiger partial charge in [-0.15, -0.1) is 0 Å². The molecule has 0 atom stereocenters. The second kappa shape index (κ2) is 6.26. The maximum Gasteiger partial charge on any atom is 0.288 e. The number of para-hydroxylation sites is 1. The van der Waals surface area contributed by atoms with Crippen LogP contribution in [0.5, 0.6) is 5.75 Å². The maximum absolute atomic E-state index is 12.1. The van der Waals surface area contributed by atoms with E-state index in [-0.39, 0.29) is 22.8 Å². The molecule has 0 aliphatic rings. The number of nitrogen functional groups attached to an aromatic ring is 1. The number of fused-ring (bicyclic) bond motifs is 1. The summed E-state index contributed by atoms with van der Waals surface area (Å²) in [6, 6.07) is 10.4. The first-order valence-electron chi connectivity index (χ1n) is 7.64. The molecule has 8 nitrogen and oxygen atoms in total. The lowest BCUT2D eigenvalue weighted by Gasteiger charge is -2.10. The van der Waals surface area contributed by atoms with E-state index in [1.54, 1.807) is 24.3 Å². The molecule has 1 aromatic heterocycles. The van der Waals surface area contributed by atoms with Gasteiger partial charge in [0.1, 0.15) is 16.2 Å². The lowest BCUT2D eigenvalue weighted by Crippen LogP contribution is -2.09. The van der Waals surface area contributed by atoms with Gasteiger partial charge in [0.25, 0.3) is 5.69 Å². The van der Waals surface area contributed by atoms with Gasteiger partial charge in [0, 0.05) is 22.7 Å². The van der Waals surface area contributed by atoms with Crippen molar-refractivity contribution in [2.24, 2.45) is 0 Å². The first kappa shape index (κ1) is 17.6. The topological polar surface area (TPSA) is 136 Å². The van der Waals surface area contributed by atoms with Gasteiger partial charge in [-0.1, -0.05) is 25.1 Å². The van der Waals surface area contributed by atoms with Gasteiger partial charge in [-0.05, 0) is 18.2 Å². The van der Waals surface area contributed by atoms with Crippen molar-refractivity contribution in [2.45, 2.75) is 11.8 Å². The summed E-state index contributed by atoms with van der Waals surface area (Å²) in [5.41, 5.74) is 6.28. The lowest BCUT2D eigenvalue weighted by molar-refractivity contribution is -0.387. The molecular formula is C17H15N3O5S. The van der Waals surface area contributed by atoms with Crippen LogP contribution in [0, 0.1) is 10.1 Å². The maximum atomic E-state index is 12.1. The van der Waals surface area contributed by atoms with E-state index < -0.39 is 25.3 Å². The smallest absolute Gasteiger partial charge is 0.288 e. The third-order valence-corrected chi connectivity index (χ3v) is 5.77. The normalized spacial score (nSPS) is 11.6. The quantitative estimate of drug-likeness (QED) is 0.407. The molecule has 9 heteroatoms. The molecule has 0 unspecified atom stereocenters. The SMILES string of the molecule is CCS(=O)(=O)c1cc(N)c(-c2ccc3cccc(O)c3n2)cc1[N+](=O)[O-]. The first-order chi connectivity index (χ1) is 12.2. The summed E-state index contributed by atoms with van der Waals surface area (Å²) in [7, 11) is -3.82. The molecule has 0 radical (unpaired) electrons. The van der Waals surface area contributed by atoms with E-state index in [1.165, 1.54) is 13.0 Å². The molecule has 0 saturated heterocycles. The van der Waals surface area contributed by atoms with Crippen LogP contribution in [0.2, 0.25) is 0 Å². The van der Waals surface area contributed by atoms with E-state index >= 15 is 0 Å². The molecular weight excluding hydrogens is 358 g/mol. The minimum atomic E-state index is -3.82. The minimum absolute atomic E-state index is 0.0393. The predicted molar refractivity (Wildman–Crippen MR) is 97.6 cm³/mol. The number of aromatic hydroxyl groups is 1. The summed E-state index contributed by atoms with van der Waals surface area (Å²) in [6.45, 7) is 1.40. The molecule has 2 aromatic carbocycles. The fourth-order valence-corrected chi connectivity index (χ4v) is 3.70. The average molecular weight is 373 g/mol. The molecule has 0 amide bonds. The Balaban J connectivity index is 2.28. The van der Waals surface area contributed by atoms with Crippen LogP contribution in [0.1, 0.15) is 6.92 Å². The van der Waals surface area contributed by atoms with Crippen LogP contribution in [-0.2, 0) is 9.84 Å². The van der Waals surface area contributed by atoms with Crippen molar-refractivity contribution in [2.75, 3.05) is 11.5 Å². The zero-order valence-electron chi connectivity index (χ0n) is 13.7. The molecule has 3 aromatic rings. The number of aromatic nitrogens is 1. The van der Waals surface area contributed by atoms with E-state index in [0.29, 0.717) is 16.6 Å². The molecule has 1 heterocycles. The number of hydrogen-bond donors (Lipinski definition) is 2. The monoisotopic (exact) mass is 373 g/mol. The Kier molecular flexibility index (Phi) is 4.25. The van der Waals surface area contributed by atoms with E-state index in [9.17, 15) is 23.6 Å². The fourth-order valence-electron chi connectivity index (χ4n) is 2.63. The number of pyridine rings is 1. The number of rotatable bonds is 4. The Hall–Kier alpha value is -3.20. The van der Waals surface area contributed by atoms with Crippen molar-refractivity contribution >= 4 is 32.1 Å². The van der Waals surface area contributed by atoms with Gasteiger partial charge in [0.2, 0.25) is 0 Å². The molecule has 134 valence electrons. The number of benzene rings is 2. The third-order valence-electron chi connectivity index (χ3n) is 4.02. The van der Waals surface area contributed by atoms with Crippen molar-refractivity contribution in [1.82, 2.24) is 4.98 Å². The molecule has 0 aliphatic heterocycles. The number of nitro groups is 1. The van der Waals surface area contributed by atoms with E-state index in [2.05, 4.69) is 4.98 Å². The molecule has 26 heavy (non-hydrogen) atoms. The molecule has 0 bridgehead atoms. The molecule has 0 aliphatic carbocycles. The number of sulfone groups is 1. The molecule has 0 saturated carbocycles. The average Bonchev–Trinajstić information content (AvgIpc) is 2.61. The molecule has 3 N–H and O–H groups in total. The highest BCUT2D eigenvalue weighted by molar-refractivity contribution is 7.91. The number of phenols is 1.